The maximum atomic E-state index is 12.8. The van der Waals surface area contributed by atoms with Gasteiger partial charge in [-0.3, -0.25) is 28.8 Å². The predicted molar refractivity (Wildman–Crippen MR) is 185 cm³/mol. The van der Waals surface area contributed by atoms with Gasteiger partial charge >= 0.3 is 41.8 Å². The number of hydrogen-bond acceptors (Lipinski definition) is 19. The van der Waals surface area contributed by atoms with Crippen LogP contribution in [0.1, 0.15) is 59.8 Å². The topological polar surface area (TPSA) is 279 Å². The predicted octanol–water partition coefficient (Wildman–Crippen LogP) is 0.192. The third-order valence-corrected chi connectivity index (χ3v) is 6.01. The summed E-state index contributed by atoms with van der Waals surface area (Å²) in [5.74, 6) is -5.70. The van der Waals surface area contributed by atoms with E-state index < -0.39 is 53.0 Å². The second kappa shape index (κ2) is 32.4. The molecule has 3 N–H and O–H groups in total. The second-order valence-corrected chi connectivity index (χ2v) is 10.7. The van der Waals surface area contributed by atoms with Gasteiger partial charge in [-0.2, -0.15) is 0 Å². The molecule has 0 aromatic heterocycles. The zero-order valence-electron chi connectivity index (χ0n) is 31.2. The van der Waals surface area contributed by atoms with E-state index in [4.69, 9.17) is 34.3 Å². The van der Waals surface area contributed by atoms with Crippen LogP contribution in [0, 0.1) is 5.41 Å². The highest BCUT2D eigenvalue weighted by molar-refractivity contribution is 6.03. The number of rotatable bonds is 25. The van der Waals surface area contributed by atoms with Crippen molar-refractivity contribution in [3.8, 4) is 0 Å². The number of ketones is 2. The van der Waals surface area contributed by atoms with Gasteiger partial charge in [-0.25, -0.2) is 14.4 Å². The Morgan fingerprint density at radius 1 is 0.537 bits per heavy atom. The molecule has 0 unspecified atom stereocenters. The third-order valence-electron chi connectivity index (χ3n) is 6.01. The average molecular weight is 777 g/mol. The van der Waals surface area contributed by atoms with Crippen LogP contribution >= 0.6 is 0 Å². The van der Waals surface area contributed by atoms with Crippen LogP contribution in [0.4, 0.5) is 0 Å². The number of aliphatic hydroxyl groups excluding tert-OH is 3. The lowest BCUT2D eigenvalue weighted by Crippen LogP contribution is -2.41. The molecular formula is C35H52O19. The summed E-state index contributed by atoms with van der Waals surface area (Å²) in [5.41, 5.74) is -1.40. The molecule has 19 nitrogen and oxygen atoms in total. The Hall–Kier alpha value is -5.27. The van der Waals surface area contributed by atoms with E-state index >= 15 is 0 Å². The monoisotopic (exact) mass is 776 g/mol. The highest BCUT2D eigenvalue weighted by atomic mass is 16.6. The first-order chi connectivity index (χ1) is 25.3. The van der Waals surface area contributed by atoms with Crippen molar-refractivity contribution in [2.75, 3.05) is 66.1 Å². The van der Waals surface area contributed by atoms with E-state index in [1.54, 1.807) is 0 Å². The van der Waals surface area contributed by atoms with Gasteiger partial charge in [-0.05, 0) is 40.5 Å². The summed E-state index contributed by atoms with van der Waals surface area (Å²) in [6.45, 7) is 13.3. The molecule has 306 valence electrons. The molecular weight excluding hydrogens is 724 g/mol. The Kier molecular flexibility index (Phi) is 31.8. The largest absolute Gasteiger partial charge is 0.463 e. The molecule has 0 atom stereocenters. The Balaban J connectivity index is -0.000000926. The summed E-state index contributed by atoms with van der Waals surface area (Å²) in [7, 11) is 0. The van der Waals surface area contributed by atoms with Gasteiger partial charge in [0.15, 0.2) is 0 Å². The van der Waals surface area contributed by atoms with Crippen molar-refractivity contribution < 1.29 is 91.6 Å². The molecule has 0 aliphatic rings. The molecule has 0 bridgehead atoms. The van der Waals surface area contributed by atoms with Gasteiger partial charge in [0.25, 0.3) is 0 Å². The second-order valence-electron chi connectivity index (χ2n) is 10.7. The fourth-order valence-corrected chi connectivity index (χ4v) is 3.32. The number of ether oxygens (including phenoxy) is 7. The highest BCUT2D eigenvalue weighted by Gasteiger charge is 2.45. The Morgan fingerprint density at radius 2 is 0.907 bits per heavy atom. The fraction of sp³-hybridized carbons (Fsp3) is 0.571. The van der Waals surface area contributed by atoms with Crippen molar-refractivity contribution in [1.82, 2.24) is 0 Å². The van der Waals surface area contributed by atoms with E-state index in [9.17, 15) is 43.2 Å². The zero-order valence-corrected chi connectivity index (χ0v) is 31.2. The summed E-state index contributed by atoms with van der Waals surface area (Å²) in [4.78, 5) is 102. The minimum Gasteiger partial charge on any atom is -0.463 e. The maximum absolute atomic E-state index is 12.8. The van der Waals surface area contributed by atoms with Crippen LogP contribution in [0.25, 0.3) is 0 Å². The van der Waals surface area contributed by atoms with E-state index in [0.29, 0.717) is 0 Å². The molecule has 0 rings (SSSR count). The summed E-state index contributed by atoms with van der Waals surface area (Å²) >= 11 is 0. The summed E-state index contributed by atoms with van der Waals surface area (Å²) in [5, 5.41) is 25.5. The van der Waals surface area contributed by atoms with Gasteiger partial charge in [0.1, 0.15) is 69.7 Å². The lowest BCUT2D eigenvalue weighted by atomic mass is 9.75. The van der Waals surface area contributed by atoms with Crippen molar-refractivity contribution in [3.05, 3.63) is 37.0 Å². The highest BCUT2D eigenvalue weighted by Crippen LogP contribution is 2.33. The Morgan fingerprint density at radius 3 is 1.26 bits per heavy atom. The fourth-order valence-electron chi connectivity index (χ4n) is 3.32. The Bertz CT molecular complexity index is 1260. The SMILES string of the molecule is C=C(C)C(=O)OCCOC(=O)C(CCC(=O)OCCO)(CCC(=O)OCCO)C(C)=O.C=C(C)C(=O)OCCOC(=O)CC(C)=O.C=CC(=O)OCCO. The minimum absolute atomic E-state index is 0.0324. The van der Waals surface area contributed by atoms with Gasteiger partial charge in [-0.1, -0.05) is 19.7 Å². The smallest absolute Gasteiger partial charge is 0.333 e. The number of carbonyl (C=O) groups excluding carboxylic acids is 9. The number of aliphatic hydroxyl groups is 3. The van der Waals surface area contributed by atoms with Gasteiger partial charge in [0, 0.05) is 30.1 Å². The molecule has 0 spiro atoms. The van der Waals surface area contributed by atoms with Crippen molar-refractivity contribution in [3.63, 3.8) is 0 Å². The first-order valence-electron chi connectivity index (χ1n) is 16.3. The molecule has 54 heavy (non-hydrogen) atoms. The molecule has 19 heteroatoms. The van der Waals surface area contributed by atoms with Crippen LogP contribution in [-0.2, 0) is 76.3 Å². The lowest BCUT2D eigenvalue weighted by Gasteiger charge is -2.28. The van der Waals surface area contributed by atoms with E-state index in [1.165, 1.54) is 20.8 Å². The molecule has 0 aromatic carbocycles. The molecule has 0 saturated heterocycles. The molecule has 0 aromatic rings. The molecule has 0 radical (unpaired) electrons. The summed E-state index contributed by atoms with van der Waals surface area (Å²) in [6.07, 6.45) is -0.491. The van der Waals surface area contributed by atoms with E-state index in [-0.39, 0.29) is 115 Å². The molecule has 0 heterocycles. The maximum Gasteiger partial charge on any atom is 0.333 e. The van der Waals surface area contributed by atoms with Gasteiger partial charge in [0.05, 0.1) is 19.8 Å². The molecule has 0 amide bonds. The molecule has 0 aliphatic heterocycles. The van der Waals surface area contributed by atoms with Crippen molar-refractivity contribution in [2.45, 2.75) is 59.8 Å². The van der Waals surface area contributed by atoms with Crippen LogP contribution < -0.4 is 0 Å². The molecule has 0 fully saturated rings. The molecule has 0 saturated carbocycles. The average Bonchev–Trinajstić information content (AvgIpc) is 3.11. The number of carbonyl (C=O) groups is 9. The molecule has 0 aliphatic carbocycles. The van der Waals surface area contributed by atoms with Crippen molar-refractivity contribution >= 4 is 53.4 Å². The van der Waals surface area contributed by atoms with E-state index in [1.807, 2.05) is 0 Å². The number of hydrogen-bond donors (Lipinski definition) is 3. The van der Waals surface area contributed by atoms with Crippen LogP contribution in [0.15, 0.2) is 37.0 Å². The van der Waals surface area contributed by atoms with Gasteiger partial charge < -0.3 is 48.5 Å². The van der Waals surface area contributed by atoms with Crippen molar-refractivity contribution in [2.24, 2.45) is 5.41 Å². The normalized spacial score (nSPS) is 9.91. The first kappa shape index (κ1) is 53.1. The van der Waals surface area contributed by atoms with Gasteiger partial charge in [0.2, 0.25) is 0 Å². The zero-order chi connectivity index (χ0) is 42.1. The van der Waals surface area contributed by atoms with E-state index in [2.05, 4.69) is 33.9 Å². The van der Waals surface area contributed by atoms with Crippen LogP contribution in [0.3, 0.4) is 0 Å². The van der Waals surface area contributed by atoms with Crippen LogP contribution in [0.2, 0.25) is 0 Å². The number of Topliss-reactive ketones (excluding diaryl/α,β-unsaturated/α-hetero) is 2. The quantitative estimate of drug-likeness (QED) is 0.0367. The van der Waals surface area contributed by atoms with Gasteiger partial charge in [-0.15, -0.1) is 0 Å². The standard InChI is InChI=1S/C20H30O11.C10H14O5.C5H8O3/c1-14(2)18(26)30-12-13-31-19(27)20(15(3)23,6-4-16(24)28-10-8-21)7-5-17(25)29-11-9-22;1-7(2)10(13)15-5-4-14-9(12)6-8(3)11;1-2-5(7)8-4-3-6/h21-22H,1,4-13H2,2-3H3;1,4-6H2,2-3H3;2,6H,1,3-4H2. The van der Waals surface area contributed by atoms with Crippen LogP contribution in [0.5, 0.6) is 0 Å². The lowest BCUT2D eigenvalue weighted by molar-refractivity contribution is -0.165. The minimum atomic E-state index is -1.84. The van der Waals surface area contributed by atoms with Crippen molar-refractivity contribution in [1.29, 1.82) is 0 Å². The summed E-state index contributed by atoms with van der Waals surface area (Å²) in [6, 6.07) is 0. The first-order valence-corrected chi connectivity index (χ1v) is 16.3. The third kappa shape index (κ3) is 28.3. The van der Waals surface area contributed by atoms with Crippen LogP contribution in [-0.4, -0.2) is 135 Å². The number of esters is 7. The Labute approximate surface area is 313 Å². The van der Waals surface area contributed by atoms with E-state index in [0.717, 1.165) is 13.0 Å². The summed E-state index contributed by atoms with van der Waals surface area (Å²) < 4.78 is 33.0.